The summed E-state index contributed by atoms with van der Waals surface area (Å²) in [4.78, 5) is 30.7. The Labute approximate surface area is 271 Å². The molecule has 1 aromatic carbocycles. The van der Waals surface area contributed by atoms with Crippen molar-refractivity contribution in [2.75, 3.05) is 27.7 Å². The van der Waals surface area contributed by atoms with Crippen LogP contribution in [-0.4, -0.2) is 113 Å². The van der Waals surface area contributed by atoms with Gasteiger partial charge in [0.15, 0.2) is 6.29 Å². The standard InChI is InChI=1S/C34H53N3O7S/c1-19-16-34(5,42)31(44-33-30(40)26(36(6)7)13-20(2)43-33)21(3)29(39)22(4)32(41)35-24(15-28(38)37(8)17-19)14-23-18-45-27-12-10-9-11-25(23)27/h9-12,18-22,24,26,29-31,33,39-40,42H,13-17H2,1-8H3,(H,35,41)/t19-,20-,21+,22-,24+,26+,29+,30-,31-,33+,34-/m1/s1. The summed E-state index contributed by atoms with van der Waals surface area (Å²) in [6, 6.07) is 7.39. The van der Waals surface area contributed by atoms with Gasteiger partial charge in [-0.05, 0) is 75.5 Å². The summed E-state index contributed by atoms with van der Waals surface area (Å²) in [6.07, 6.45) is -2.95. The number of rotatable bonds is 5. The maximum absolute atomic E-state index is 13.7. The van der Waals surface area contributed by atoms with Crippen LogP contribution in [0.4, 0.5) is 0 Å². The summed E-state index contributed by atoms with van der Waals surface area (Å²) in [5.41, 5.74) is -0.419. The number of aliphatic hydroxyl groups is 3. The van der Waals surface area contributed by atoms with Gasteiger partial charge in [0.05, 0.1) is 29.8 Å². The molecule has 3 heterocycles. The number of amides is 2. The van der Waals surface area contributed by atoms with Crippen LogP contribution >= 0.6 is 11.3 Å². The molecule has 0 aliphatic carbocycles. The molecule has 2 aliphatic rings. The van der Waals surface area contributed by atoms with Gasteiger partial charge in [0.1, 0.15) is 6.10 Å². The van der Waals surface area contributed by atoms with Crippen LogP contribution in [0.3, 0.4) is 0 Å². The highest BCUT2D eigenvalue weighted by Crippen LogP contribution is 2.36. The van der Waals surface area contributed by atoms with Crippen molar-refractivity contribution in [2.24, 2.45) is 17.8 Å². The summed E-state index contributed by atoms with van der Waals surface area (Å²) < 4.78 is 13.6. The van der Waals surface area contributed by atoms with Crippen LogP contribution in [-0.2, 0) is 25.5 Å². The van der Waals surface area contributed by atoms with Gasteiger partial charge in [-0.3, -0.25) is 9.59 Å². The van der Waals surface area contributed by atoms with Gasteiger partial charge in [-0.15, -0.1) is 11.3 Å². The van der Waals surface area contributed by atoms with Crippen molar-refractivity contribution in [3.63, 3.8) is 0 Å². The molecule has 11 heteroatoms. The number of hydrogen-bond donors (Lipinski definition) is 4. The summed E-state index contributed by atoms with van der Waals surface area (Å²) in [7, 11) is 5.53. The average Bonchev–Trinajstić information content (AvgIpc) is 3.37. The van der Waals surface area contributed by atoms with Gasteiger partial charge in [0.25, 0.3) is 0 Å². The number of thiophene rings is 1. The molecule has 0 bridgehead atoms. The smallest absolute Gasteiger partial charge is 0.225 e. The predicted molar refractivity (Wildman–Crippen MR) is 176 cm³/mol. The van der Waals surface area contributed by atoms with Gasteiger partial charge in [-0.1, -0.05) is 39.0 Å². The van der Waals surface area contributed by atoms with Gasteiger partial charge >= 0.3 is 0 Å². The summed E-state index contributed by atoms with van der Waals surface area (Å²) in [5, 5.41) is 41.0. The van der Waals surface area contributed by atoms with E-state index in [0.717, 1.165) is 15.6 Å². The van der Waals surface area contributed by atoms with Crippen LogP contribution in [0, 0.1) is 17.8 Å². The van der Waals surface area contributed by atoms with Crippen molar-refractivity contribution in [1.82, 2.24) is 15.1 Å². The van der Waals surface area contributed by atoms with Crippen LogP contribution < -0.4 is 5.32 Å². The number of carbonyl (C=O) groups excluding carboxylic acids is 2. The maximum Gasteiger partial charge on any atom is 0.225 e. The molecule has 0 saturated carbocycles. The lowest BCUT2D eigenvalue weighted by Crippen LogP contribution is -2.59. The van der Waals surface area contributed by atoms with E-state index >= 15 is 0 Å². The lowest BCUT2D eigenvalue weighted by Gasteiger charge is -2.46. The van der Waals surface area contributed by atoms with Crippen LogP contribution in [0.2, 0.25) is 0 Å². The fourth-order valence-electron chi connectivity index (χ4n) is 7.21. The Morgan fingerprint density at radius 3 is 2.51 bits per heavy atom. The highest BCUT2D eigenvalue weighted by molar-refractivity contribution is 7.17. The number of nitrogens with zero attached hydrogens (tertiary/aromatic N) is 2. The second-order valence-electron chi connectivity index (χ2n) is 14.1. The van der Waals surface area contributed by atoms with E-state index in [9.17, 15) is 24.9 Å². The molecule has 45 heavy (non-hydrogen) atoms. The molecule has 2 aromatic rings. The predicted octanol–water partition coefficient (Wildman–Crippen LogP) is 3.01. The molecule has 4 N–H and O–H groups in total. The molecule has 2 aliphatic heterocycles. The topological polar surface area (TPSA) is 132 Å². The zero-order valence-corrected chi connectivity index (χ0v) is 28.8. The first-order valence-electron chi connectivity index (χ1n) is 16.1. The van der Waals surface area contributed by atoms with Gasteiger partial charge in [0, 0.05) is 42.7 Å². The normalized spacial score (nSPS) is 37.9. The first-order chi connectivity index (χ1) is 21.1. The van der Waals surface area contributed by atoms with Crippen molar-refractivity contribution < 1.29 is 34.4 Å². The van der Waals surface area contributed by atoms with E-state index in [2.05, 4.69) is 22.8 Å². The van der Waals surface area contributed by atoms with Crippen LogP contribution in [0.15, 0.2) is 29.6 Å². The van der Waals surface area contributed by atoms with Crippen LogP contribution in [0.1, 0.15) is 59.4 Å². The molecule has 0 spiro atoms. The van der Waals surface area contributed by atoms with Gasteiger partial charge in [-0.2, -0.15) is 0 Å². The zero-order chi connectivity index (χ0) is 33.2. The molecule has 0 radical (unpaired) electrons. The molecule has 11 atom stereocenters. The zero-order valence-electron chi connectivity index (χ0n) is 28.0. The number of fused-ring (bicyclic) bond motifs is 1. The van der Waals surface area contributed by atoms with Crippen LogP contribution in [0.25, 0.3) is 10.1 Å². The first kappa shape index (κ1) is 35.7. The van der Waals surface area contributed by atoms with E-state index < -0.39 is 48.1 Å². The largest absolute Gasteiger partial charge is 0.392 e. The lowest BCUT2D eigenvalue weighted by atomic mass is 9.77. The fraction of sp³-hybridized carbons (Fsp3) is 0.706. The molecular weight excluding hydrogens is 594 g/mol. The molecular formula is C34H53N3O7S. The molecule has 4 rings (SSSR count). The lowest BCUT2D eigenvalue weighted by molar-refractivity contribution is -0.299. The SMILES string of the molecule is C[C@H]1CN(C)C(=O)C[C@H](Cc2csc3ccccc23)NC(=O)[C@H](C)[C@@H](O)[C@H](C)[C@@H](O[C@@H]2O[C@H](C)C[C@H](N(C)C)[C@H]2O)[C@](C)(O)C1. The molecule has 252 valence electrons. The Bertz CT molecular complexity index is 1300. The highest BCUT2D eigenvalue weighted by Gasteiger charge is 2.47. The number of ether oxygens (including phenoxy) is 2. The number of likely N-dealkylation sites (N-methyl/N-ethyl adjacent to an activating group) is 1. The average molecular weight is 648 g/mol. The van der Waals surface area contributed by atoms with Crippen molar-refractivity contribution in [1.29, 1.82) is 0 Å². The van der Waals surface area contributed by atoms with Crippen molar-refractivity contribution in [2.45, 2.75) is 109 Å². The number of hydrogen-bond acceptors (Lipinski definition) is 9. The van der Waals surface area contributed by atoms with Gasteiger partial charge in [-0.25, -0.2) is 0 Å². The van der Waals surface area contributed by atoms with E-state index in [4.69, 9.17) is 9.47 Å². The second kappa shape index (κ2) is 14.8. The van der Waals surface area contributed by atoms with E-state index in [1.165, 1.54) is 0 Å². The van der Waals surface area contributed by atoms with Gasteiger partial charge < -0.3 is 39.9 Å². The molecule has 10 nitrogen and oxygen atoms in total. The van der Waals surface area contributed by atoms with E-state index in [-0.39, 0.29) is 42.7 Å². The van der Waals surface area contributed by atoms with Crippen molar-refractivity contribution in [3.8, 4) is 0 Å². The molecule has 2 saturated heterocycles. The van der Waals surface area contributed by atoms with E-state index in [1.54, 1.807) is 44.1 Å². The Morgan fingerprint density at radius 2 is 1.82 bits per heavy atom. The van der Waals surface area contributed by atoms with Crippen LogP contribution in [0.5, 0.6) is 0 Å². The Balaban J connectivity index is 1.63. The summed E-state index contributed by atoms with van der Waals surface area (Å²) >= 11 is 1.63. The van der Waals surface area contributed by atoms with Crippen molar-refractivity contribution in [3.05, 3.63) is 35.2 Å². The van der Waals surface area contributed by atoms with Crippen molar-refractivity contribution >= 4 is 33.2 Å². The quantitative estimate of drug-likeness (QED) is 0.390. The number of benzene rings is 1. The first-order valence-corrected chi connectivity index (χ1v) is 17.0. The summed E-state index contributed by atoms with van der Waals surface area (Å²) in [5.74, 6) is -2.19. The number of nitrogens with one attached hydrogen (secondary N) is 1. The highest BCUT2D eigenvalue weighted by atomic mass is 32.1. The monoisotopic (exact) mass is 647 g/mol. The number of carbonyl (C=O) groups is 2. The fourth-order valence-corrected chi connectivity index (χ4v) is 8.19. The minimum absolute atomic E-state index is 0.111. The Hall–Kier alpha value is -2.12. The minimum atomic E-state index is -1.48. The number of aliphatic hydroxyl groups excluding tert-OH is 2. The minimum Gasteiger partial charge on any atom is -0.392 e. The third-order valence-corrected chi connectivity index (χ3v) is 10.7. The van der Waals surface area contributed by atoms with Gasteiger partial charge in [0.2, 0.25) is 11.8 Å². The molecule has 2 amide bonds. The Kier molecular flexibility index (Phi) is 11.7. The summed E-state index contributed by atoms with van der Waals surface area (Å²) in [6.45, 7) is 9.34. The Morgan fingerprint density at radius 1 is 1.13 bits per heavy atom. The maximum atomic E-state index is 13.7. The second-order valence-corrected chi connectivity index (χ2v) is 15.0. The van der Waals surface area contributed by atoms with E-state index in [0.29, 0.717) is 19.4 Å². The molecule has 1 aromatic heterocycles. The third kappa shape index (κ3) is 8.43. The molecule has 2 fully saturated rings. The molecule has 0 unspecified atom stereocenters. The van der Waals surface area contributed by atoms with E-state index in [1.807, 2.05) is 45.0 Å². The third-order valence-electron chi connectivity index (χ3n) is 9.68.